The van der Waals surface area contributed by atoms with Crippen LogP contribution in [-0.4, -0.2) is 78.0 Å². The highest BCUT2D eigenvalue weighted by Crippen LogP contribution is 2.17. The minimum absolute atomic E-state index is 0.602. The lowest BCUT2D eigenvalue weighted by Gasteiger charge is -2.32. The maximum Gasteiger partial charge on any atom is 0.194 e. The van der Waals surface area contributed by atoms with Gasteiger partial charge in [-0.2, -0.15) is 5.10 Å². The molecule has 2 saturated heterocycles. The van der Waals surface area contributed by atoms with Crippen molar-refractivity contribution in [2.24, 2.45) is 4.99 Å². The van der Waals surface area contributed by atoms with Crippen LogP contribution < -0.4 is 5.32 Å². The van der Waals surface area contributed by atoms with Crippen LogP contribution in [0.4, 0.5) is 0 Å². The lowest BCUT2D eigenvalue weighted by molar-refractivity contribution is 0.0195. The number of likely N-dealkylation sites (tertiary alicyclic amines) is 1. The highest BCUT2D eigenvalue weighted by atomic mass is 16.5. The summed E-state index contributed by atoms with van der Waals surface area (Å²) < 4.78 is 7.38. The lowest BCUT2D eigenvalue weighted by Crippen LogP contribution is -2.46. The van der Waals surface area contributed by atoms with Crippen molar-refractivity contribution in [1.29, 1.82) is 0 Å². The summed E-state index contributed by atoms with van der Waals surface area (Å²) in [6.07, 6.45) is 3.18. The first-order chi connectivity index (χ1) is 13.3. The van der Waals surface area contributed by atoms with Gasteiger partial charge in [0.1, 0.15) is 0 Å². The Hall–Kier alpha value is -2.38. The molecular weight excluding hydrogens is 340 g/mol. The Morgan fingerprint density at radius 3 is 2.78 bits per heavy atom. The molecule has 144 valence electrons. The number of rotatable bonds is 4. The van der Waals surface area contributed by atoms with E-state index in [4.69, 9.17) is 4.74 Å². The van der Waals surface area contributed by atoms with Crippen molar-refractivity contribution in [2.45, 2.75) is 19.0 Å². The first-order valence-electron chi connectivity index (χ1n) is 9.71. The fourth-order valence-electron chi connectivity index (χ4n) is 3.86. The molecule has 2 aromatic rings. The molecule has 0 spiro atoms. The zero-order chi connectivity index (χ0) is 18.5. The van der Waals surface area contributed by atoms with Crippen molar-refractivity contribution in [1.82, 2.24) is 24.9 Å². The van der Waals surface area contributed by atoms with E-state index in [1.54, 1.807) is 0 Å². The molecule has 0 amide bonds. The standard InChI is InChI=1S/C20H28N6O/c1-21-20(25-9-8-19(16-25)24-11-13-27-14-12-24)22-15-17-7-10-26(23-17)18-5-3-2-4-6-18/h2-7,10,19H,8-9,11-16H2,1H3,(H,21,22). The highest BCUT2D eigenvalue weighted by molar-refractivity contribution is 5.80. The number of ether oxygens (including phenoxy) is 1. The molecule has 0 saturated carbocycles. The average Bonchev–Trinajstić information content (AvgIpc) is 3.40. The molecule has 7 nitrogen and oxygen atoms in total. The Bertz CT molecular complexity index is 753. The Labute approximate surface area is 160 Å². The highest BCUT2D eigenvalue weighted by Gasteiger charge is 2.30. The van der Waals surface area contributed by atoms with Crippen molar-refractivity contribution < 1.29 is 4.74 Å². The van der Waals surface area contributed by atoms with E-state index in [0.29, 0.717) is 12.6 Å². The second-order valence-electron chi connectivity index (χ2n) is 7.02. The number of hydrogen-bond donors (Lipinski definition) is 1. The van der Waals surface area contributed by atoms with Crippen LogP contribution in [0.1, 0.15) is 12.1 Å². The fourth-order valence-corrected chi connectivity index (χ4v) is 3.86. The largest absolute Gasteiger partial charge is 0.379 e. The third kappa shape index (κ3) is 4.31. The number of nitrogens with one attached hydrogen (secondary N) is 1. The van der Waals surface area contributed by atoms with Crippen LogP contribution in [0.3, 0.4) is 0 Å². The minimum Gasteiger partial charge on any atom is -0.379 e. The van der Waals surface area contributed by atoms with E-state index in [1.807, 2.05) is 42.2 Å². The molecule has 1 N–H and O–H groups in total. The molecule has 0 radical (unpaired) electrons. The molecule has 2 aliphatic heterocycles. The number of hydrogen-bond acceptors (Lipinski definition) is 4. The minimum atomic E-state index is 0.602. The number of aromatic nitrogens is 2. The van der Waals surface area contributed by atoms with Gasteiger partial charge in [0.15, 0.2) is 5.96 Å². The van der Waals surface area contributed by atoms with Gasteiger partial charge in [0.2, 0.25) is 0 Å². The van der Waals surface area contributed by atoms with E-state index in [0.717, 1.165) is 56.7 Å². The lowest BCUT2D eigenvalue weighted by atomic mass is 10.2. The molecule has 2 aliphatic rings. The second kappa shape index (κ2) is 8.54. The summed E-state index contributed by atoms with van der Waals surface area (Å²) in [5.41, 5.74) is 2.07. The number of guanidine groups is 1. The second-order valence-corrected chi connectivity index (χ2v) is 7.02. The Morgan fingerprint density at radius 1 is 1.19 bits per heavy atom. The molecule has 1 aromatic heterocycles. The smallest absolute Gasteiger partial charge is 0.194 e. The summed E-state index contributed by atoms with van der Waals surface area (Å²) in [7, 11) is 1.85. The fraction of sp³-hybridized carbons (Fsp3) is 0.500. The zero-order valence-corrected chi connectivity index (χ0v) is 15.9. The van der Waals surface area contributed by atoms with Gasteiger partial charge in [-0.15, -0.1) is 0 Å². The van der Waals surface area contributed by atoms with E-state index in [2.05, 4.69) is 37.3 Å². The van der Waals surface area contributed by atoms with Gasteiger partial charge in [-0.05, 0) is 24.6 Å². The van der Waals surface area contributed by atoms with Gasteiger partial charge < -0.3 is 15.0 Å². The molecule has 27 heavy (non-hydrogen) atoms. The van der Waals surface area contributed by atoms with Crippen LogP contribution in [0, 0.1) is 0 Å². The predicted octanol–water partition coefficient (Wildman–Crippen LogP) is 1.35. The molecule has 1 unspecified atom stereocenters. The van der Waals surface area contributed by atoms with Crippen LogP contribution in [0.25, 0.3) is 5.69 Å². The molecule has 3 heterocycles. The molecule has 0 aliphatic carbocycles. The van der Waals surface area contributed by atoms with E-state index in [-0.39, 0.29) is 0 Å². The predicted molar refractivity (Wildman–Crippen MR) is 106 cm³/mol. The van der Waals surface area contributed by atoms with Crippen molar-refractivity contribution in [2.75, 3.05) is 46.4 Å². The quantitative estimate of drug-likeness (QED) is 0.652. The summed E-state index contributed by atoms with van der Waals surface area (Å²) in [4.78, 5) is 9.39. The Kier molecular flexibility index (Phi) is 5.69. The van der Waals surface area contributed by atoms with E-state index in [9.17, 15) is 0 Å². The van der Waals surface area contributed by atoms with Crippen molar-refractivity contribution in [3.63, 3.8) is 0 Å². The van der Waals surface area contributed by atoms with Crippen molar-refractivity contribution >= 4 is 5.96 Å². The first kappa shape index (κ1) is 18.0. The van der Waals surface area contributed by atoms with Gasteiger partial charge in [-0.3, -0.25) is 9.89 Å². The van der Waals surface area contributed by atoms with Gasteiger partial charge in [-0.1, -0.05) is 18.2 Å². The van der Waals surface area contributed by atoms with Crippen molar-refractivity contribution in [3.05, 3.63) is 48.3 Å². The summed E-state index contributed by atoms with van der Waals surface area (Å²) in [5.74, 6) is 0.958. The summed E-state index contributed by atoms with van der Waals surface area (Å²) in [5, 5.41) is 8.13. The van der Waals surface area contributed by atoms with Crippen LogP contribution in [0.15, 0.2) is 47.6 Å². The van der Waals surface area contributed by atoms with Gasteiger partial charge in [0.25, 0.3) is 0 Å². The third-order valence-corrected chi connectivity index (χ3v) is 5.33. The molecule has 0 bridgehead atoms. The molecule has 1 atom stereocenters. The summed E-state index contributed by atoms with van der Waals surface area (Å²) in [6.45, 7) is 6.54. The number of para-hydroxylation sites is 1. The number of morpholine rings is 1. The van der Waals surface area contributed by atoms with E-state index < -0.39 is 0 Å². The van der Waals surface area contributed by atoms with Crippen LogP contribution in [0.5, 0.6) is 0 Å². The van der Waals surface area contributed by atoms with Crippen LogP contribution in [-0.2, 0) is 11.3 Å². The maximum atomic E-state index is 5.48. The summed E-state index contributed by atoms with van der Waals surface area (Å²) >= 11 is 0. The number of nitrogens with zero attached hydrogens (tertiary/aromatic N) is 5. The van der Waals surface area contributed by atoms with Gasteiger partial charge in [-0.25, -0.2) is 4.68 Å². The monoisotopic (exact) mass is 368 g/mol. The Balaban J connectivity index is 1.31. The maximum absolute atomic E-state index is 5.48. The zero-order valence-electron chi connectivity index (χ0n) is 15.9. The van der Waals surface area contributed by atoms with Crippen molar-refractivity contribution in [3.8, 4) is 5.69 Å². The van der Waals surface area contributed by atoms with Crippen LogP contribution >= 0.6 is 0 Å². The van der Waals surface area contributed by atoms with E-state index >= 15 is 0 Å². The first-order valence-corrected chi connectivity index (χ1v) is 9.71. The topological polar surface area (TPSA) is 57.9 Å². The molecule has 2 fully saturated rings. The van der Waals surface area contributed by atoms with Crippen LogP contribution in [0.2, 0.25) is 0 Å². The van der Waals surface area contributed by atoms with E-state index in [1.165, 1.54) is 6.42 Å². The third-order valence-electron chi connectivity index (χ3n) is 5.33. The SMILES string of the molecule is CN=C(NCc1ccn(-c2ccccc2)n1)N1CCC(N2CCOCC2)C1. The number of aliphatic imine (C=N–C) groups is 1. The summed E-state index contributed by atoms with van der Waals surface area (Å²) in [6, 6.07) is 12.8. The molecule has 4 rings (SSSR count). The molecular formula is C20H28N6O. The van der Waals surface area contributed by atoms with Gasteiger partial charge >= 0.3 is 0 Å². The van der Waals surface area contributed by atoms with Gasteiger partial charge in [0, 0.05) is 45.5 Å². The normalized spacial score (nSPS) is 21.6. The van der Waals surface area contributed by atoms with Gasteiger partial charge in [0.05, 0.1) is 31.1 Å². The number of benzene rings is 1. The Morgan fingerprint density at radius 2 is 2.00 bits per heavy atom. The average molecular weight is 368 g/mol. The molecule has 1 aromatic carbocycles. The molecule has 7 heteroatoms.